The SMILES string of the molecule is CC(C)CC1(C(=O)c2c(Br)nnn2C)CCCC1. The van der Waals surface area contributed by atoms with E-state index in [1.165, 1.54) is 0 Å². The molecule has 1 aromatic heterocycles. The van der Waals surface area contributed by atoms with Crippen molar-refractivity contribution in [1.82, 2.24) is 15.0 Å². The zero-order valence-electron chi connectivity index (χ0n) is 11.2. The molecule has 0 radical (unpaired) electrons. The quantitative estimate of drug-likeness (QED) is 0.801. The lowest BCUT2D eigenvalue weighted by atomic mass is 9.74. The van der Waals surface area contributed by atoms with Gasteiger partial charge in [0.05, 0.1) is 0 Å². The number of hydrogen-bond donors (Lipinski definition) is 0. The van der Waals surface area contributed by atoms with E-state index < -0.39 is 0 Å². The molecule has 0 spiro atoms. The Morgan fingerprint density at radius 2 is 2.06 bits per heavy atom. The van der Waals surface area contributed by atoms with E-state index in [2.05, 4.69) is 40.1 Å². The summed E-state index contributed by atoms with van der Waals surface area (Å²) in [6.45, 7) is 4.37. The average molecular weight is 314 g/mol. The van der Waals surface area contributed by atoms with Gasteiger partial charge in [-0.25, -0.2) is 4.68 Å². The highest BCUT2D eigenvalue weighted by Gasteiger charge is 2.43. The second-order valence-corrected chi connectivity index (χ2v) is 6.52. The van der Waals surface area contributed by atoms with E-state index in [-0.39, 0.29) is 11.2 Å². The van der Waals surface area contributed by atoms with Crippen LogP contribution in [0.2, 0.25) is 0 Å². The van der Waals surface area contributed by atoms with Crippen molar-refractivity contribution >= 4 is 21.7 Å². The van der Waals surface area contributed by atoms with Crippen LogP contribution in [0.1, 0.15) is 56.4 Å². The molecule has 1 heterocycles. The second-order valence-electron chi connectivity index (χ2n) is 5.77. The van der Waals surface area contributed by atoms with Crippen LogP contribution < -0.4 is 0 Å². The first-order valence-electron chi connectivity index (χ1n) is 6.56. The molecular weight excluding hydrogens is 294 g/mol. The fourth-order valence-electron chi connectivity index (χ4n) is 3.18. The molecule has 1 saturated carbocycles. The Bertz CT molecular complexity index is 428. The van der Waals surface area contributed by atoms with Gasteiger partial charge >= 0.3 is 0 Å². The molecule has 0 aromatic carbocycles. The van der Waals surface area contributed by atoms with Crippen molar-refractivity contribution in [1.29, 1.82) is 0 Å². The van der Waals surface area contributed by atoms with Crippen molar-refractivity contribution in [3.8, 4) is 0 Å². The van der Waals surface area contributed by atoms with Crippen molar-refractivity contribution in [2.75, 3.05) is 0 Å². The van der Waals surface area contributed by atoms with E-state index in [9.17, 15) is 4.79 Å². The molecule has 1 aliphatic rings. The van der Waals surface area contributed by atoms with Gasteiger partial charge in [0.1, 0.15) is 5.69 Å². The Morgan fingerprint density at radius 1 is 1.44 bits per heavy atom. The Hall–Kier alpha value is -0.710. The van der Waals surface area contributed by atoms with Gasteiger partial charge in [0.2, 0.25) is 0 Å². The van der Waals surface area contributed by atoms with Gasteiger partial charge in [-0.05, 0) is 41.1 Å². The summed E-state index contributed by atoms with van der Waals surface area (Å²) >= 11 is 3.34. The Labute approximate surface area is 116 Å². The normalized spacial score (nSPS) is 18.5. The molecule has 1 aromatic rings. The number of aryl methyl sites for hydroxylation is 1. The molecule has 0 N–H and O–H groups in total. The van der Waals surface area contributed by atoms with Crippen molar-refractivity contribution in [3.63, 3.8) is 0 Å². The van der Waals surface area contributed by atoms with Crippen LogP contribution in [0.3, 0.4) is 0 Å². The molecule has 100 valence electrons. The fraction of sp³-hybridized carbons (Fsp3) is 0.769. The molecule has 0 atom stereocenters. The Balaban J connectivity index is 2.35. The molecule has 18 heavy (non-hydrogen) atoms. The minimum atomic E-state index is -0.188. The van der Waals surface area contributed by atoms with E-state index in [1.54, 1.807) is 11.7 Å². The third-order valence-corrected chi connectivity index (χ3v) is 4.38. The van der Waals surface area contributed by atoms with Gasteiger partial charge in [0.25, 0.3) is 0 Å². The Morgan fingerprint density at radius 3 is 2.50 bits per heavy atom. The third kappa shape index (κ3) is 2.37. The lowest BCUT2D eigenvalue weighted by Gasteiger charge is -2.29. The second kappa shape index (κ2) is 5.11. The number of hydrogen-bond acceptors (Lipinski definition) is 3. The molecule has 0 amide bonds. The summed E-state index contributed by atoms with van der Waals surface area (Å²) in [5.74, 6) is 0.750. The first-order chi connectivity index (χ1) is 8.46. The smallest absolute Gasteiger partial charge is 0.189 e. The van der Waals surface area contributed by atoms with E-state index in [0.717, 1.165) is 32.1 Å². The predicted octanol–water partition coefficient (Wildman–Crippen LogP) is 3.37. The molecule has 0 bridgehead atoms. The molecule has 0 unspecified atom stereocenters. The van der Waals surface area contributed by atoms with Crippen LogP contribution in [-0.2, 0) is 7.05 Å². The highest BCUT2D eigenvalue weighted by Crippen LogP contribution is 2.46. The number of carbonyl (C=O) groups excluding carboxylic acids is 1. The van der Waals surface area contributed by atoms with Gasteiger partial charge in [0, 0.05) is 12.5 Å². The van der Waals surface area contributed by atoms with Gasteiger partial charge in [0.15, 0.2) is 10.4 Å². The summed E-state index contributed by atoms with van der Waals surface area (Å²) in [6.07, 6.45) is 5.27. The van der Waals surface area contributed by atoms with Crippen molar-refractivity contribution in [3.05, 3.63) is 10.3 Å². The van der Waals surface area contributed by atoms with Crippen molar-refractivity contribution < 1.29 is 4.79 Å². The van der Waals surface area contributed by atoms with Crippen LogP contribution >= 0.6 is 15.9 Å². The standard InChI is InChI=1S/C13H20BrN3O/c1-9(2)8-13(6-4-5-7-13)11(18)10-12(14)15-16-17(10)3/h9H,4-8H2,1-3H3. The molecule has 0 aliphatic heterocycles. The van der Waals surface area contributed by atoms with Crippen LogP contribution in [0.15, 0.2) is 4.60 Å². The maximum absolute atomic E-state index is 12.9. The average Bonchev–Trinajstić information content (AvgIpc) is 2.86. The molecule has 0 saturated heterocycles. The number of rotatable bonds is 4. The van der Waals surface area contributed by atoms with Gasteiger partial charge < -0.3 is 0 Å². The summed E-state index contributed by atoms with van der Waals surface area (Å²) in [7, 11) is 1.78. The van der Waals surface area contributed by atoms with Crippen LogP contribution in [0, 0.1) is 11.3 Å². The zero-order chi connectivity index (χ0) is 13.3. The molecule has 2 rings (SSSR count). The summed E-state index contributed by atoms with van der Waals surface area (Å²) in [6, 6.07) is 0. The third-order valence-electron chi connectivity index (χ3n) is 3.84. The largest absolute Gasteiger partial charge is 0.292 e. The van der Waals surface area contributed by atoms with Gasteiger partial charge in [-0.3, -0.25) is 4.79 Å². The topological polar surface area (TPSA) is 47.8 Å². The Kier molecular flexibility index (Phi) is 3.90. The highest BCUT2D eigenvalue weighted by atomic mass is 79.9. The molecule has 4 nitrogen and oxygen atoms in total. The number of halogens is 1. The van der Waals surface area contributed by atoms with Gasteiger partial charge in [-0.1, -0.05) is 31.9 Å². The molecule has 1 aliphatic carbocycles. The zero-order valence-corrected chi connectivity index (χ0v) is 12.8. The van der Waals surface area contributed by atoms with Crippen LogP contribution in [0.25, 0.3) is 0 Å². The van der Waals surface area contributed by atoms with E-state index in [4.69, 9.17) is 0 Å². The summed E-state index contributed by atoms with van der Waals surface area (Å²) in [5.41, 5.74) is 0.434. The van der Waals surface area contributed by atoms with E-state index >= 15 is 0 Å². The van der Waals surface area contributed by atoms with Crippen LogP contribution in [0.5, 0.6) is 0 Å². The van der Waals surface area contributed by atoms with Crippen LogP contribution in [0.4, 0.5) is 0 Å². The highest BCUT2D eigenvalue weighted by molar-refractivity contribution is 9.10. The molecule has 1 fully saturated rings. The first-order valence-corrected chi connectivity index (χ1v) is 7.35. The van der Waals surface area contributed by atoms with Crippen molar-refractivity contribution in [2.24, 2.45) is 18.4 Å². The first kappa shape index (κ1) is 13.7. The maximum Gasteiger partial charge on any atom is 0.189 e. The number of ketones is 1. The number of carbonyl (C=O) groups is 1. The fourth-order valence-corrected chi connectivity index (χ4v) is 3.69. The van der Waals surface area contributed by atoms with Crippen molar-refractivity contribution in [2.45, 2.75) is 46.0 Å². The number of Topliss-reactive ketones (excluding diaryl/α,β-unsaturated/α-hetero) is 1. The lowest BCUT2D eigenvalue weighted by Crippen LogP contribution is -2.31. The predicted molar refractivity (Wildman–Crippen MR) is 73.4 cm³/mol. The molecular formula is C13H20BrN3O. The lowest BCUT2D eigenvalue weighted by molar-refractivity contribution is 0.0748. The van der Waals surface area contributed by atoms with E-state index in [1.807, 2.05) is 0 Å². The summed E-state index contributed by atoms with van der Waals surface area (Å²) < 4.78 is 2.16. The maximum atomic E-state index is 12.9. The molecule has 5 heteroatoms. The summed E-state index contributed by atoms with van der Waals surface area (Å²) in [4.78, 5) is 12.9. The van der Waals surface area contributed by atoms with E-state index in [0.29, 0.717) is 16.2 Å². The van der Waals surface area contributed by atoms with Gasteiger partial charge in [-0.2, -0.15) is 0 Å². The monoisotopic (exact) mass is 313 g/mol. The van der Waals surface area contributed by atoms with Crippen LogP contribution in [-0.4, -0.2) is 20.8 Å². The number of nitrogens with zero attached hydrogens (tertiary/aromatic N) is 3. The minimum absolute atomic E-state index is 0.188. The number of aromatic nitrogens is 3. The van der Waals surface area contributed by atoms with Gasteiger partial charge in [-0.15, -0.1) is 5.10 Å². The minimum Gasteiger partial charge on any atom is -0.292 e. The summed E-state index contributed by atoms with van der Waals surface area (Å²) in [5, 5.41) is 7.85.